The van der Waals surface area contributed by atoms with Crippen LogP contribution in [-0.4, -0.2) is 39.2 Å². The number of hydrogen-bond donors (Lipinski definition) is 1. The molecule has 0 aliphatic carbocycles. The topological polar surface area (TPSA) is 45.2 Å². The highest BCUT2D eigenvalue weighted by Gasteiger charge is 2.34. The maximum absolute atomic E-state index is 14.3. The number of rotatable bonds is 14. The fourth-order valence-corrected chi connectivity index (χ4v) is 7.25. The highest BCUT2D eigenvalue weighted by molar-refractivity contribution is 6.32. The van der Waals surface area contributed by atoms with Crippen molar-refractivity contribution in [2.75, 3.05) is 13.2 Å². The van der Waals surface area contributed by atoms with Gasteiger partial charge in [-0.3, -0.25) is 9.80 Å². The Morgan fingerprint density at radius 2 is 1.20 bits per heavy atom. The highest BCUT2D eigenvalue weighted by Crippen LogP contribution is 2.36. The van der Waals surface area contributed by atoms with Crippen LogP contribution >= 0.6 is 11.6 Å². The summed E-state index contributed by atoms with van der Waals surface area (Å²) in [4.78, 5) is 4.68. The van der Waals surface area contributed by atoms with Gasteiger partial charge in [-0.25, -0.2) is 8.78 Å². The zero-order valence-electron chi connectivity index (χ0n) is 29.9. The Labute approximate surface area is 300 Å². The first kappa shape index (κ1) is 36.2. The van der Waals surface area contributed by atoms with E-state index in [1.54, 1.807) is 24.3 Å². The van der Waals surface area contributed by atoms with Crippen molar-refractivity contribution in [2.45, 2.75) is 97.6 Å². The molecule has 0 saturated heterocycles. The predicted molar refractivity (Wildman–Crippen MR) is 196 cm³/mol. The number of halogens is 3. The van der Waals surface area contributed by atoms with Crippen LogP contribution < -0.4 is 9.47 Å². The molecule has 1 atom stereocenters. The van der Waals surface area contributed by atoms with Crippen LogP contribution in [0.2, 0.25) is 5.02 Å². The van der Waals surface area contributed by atoms with Crippen LogP contribution in [0.5, 0.6) is 17.2 Å². The van der Waals surface area contributed by atoms with Crippen molar-refractivity contribution in [3.63, 3.8) is 0 Å². The number of aryl methyl sites for hydroxylation is 2. The lowest BCUT2D eigenvalue weighted by Crippen LogP contribution is -2.40. The van der Waals surface area contributed by atoms with E-state index in [2.05, 4.69) is 43.6 Å². The highest BCUT2D eigenvalue weighted by atomic mass is 35.5. The third kappa shape index (κ3) is 8.28. The largest absolute Gasteiger partial charge is 0.504 e. The van der Waals surface area contributed by atoms with Gasteiger partial charge in [-0.1, -0.05) is 54.9 Å². The Bertz CT molecular complexity index is 1830. The van der Waals surface area contributed by atoms with E-state index in [0.717, 1.165) is 72.2 Å². The summed E-state index contributed by atoms with van der Waals surface area (Å²) in [6, 6.07) is 22.2. The van der Waals surface area contributed by atoms with E-state index in [1.807, 2.05) is 43.3 Å². The zero-order valence-corrected chi connectivity index (χ0v) is 30.6. The van der Waals surface area contributed by atoms with E-state index < -0.39 is 0 Å². The van der Waals surface area contributed by atoms with Crippen molar-refractivity contribution in [3.05, 3.63) is 123 Å². The van der Waals surface area contributed by atoms with Crippen molar-refractivity contribution in [1.29, 1.82) is 0 Å². The second kappa shape index (κ2) is 14.9. The summed E-state index contributed by atoms with van der Waals surface area (Å²) in [5.74, 6) is 0.986. The number of hydrogen-bond acceptors (Lipinski definition) is 5. The average Bonchev–Trinajstić information content (AvgIpc) is 3.74. The molecule has 2 heterocycles. The summed E-state index contributed by atoms with van der Waals surface area (Å²) in [5, 5.41) is 11.1. The lowest BCUT2D eigenvalue weighted by atomic mass is 9.93. The van der Waals surface area contributed by atoms with Gasteiger partial charge in [0.15, 0.2) is 11.5 Å². The summed E-state index contributed by atoms with van der Waals surface area (Å²) < 4.78 is 40.8. The van der Waals surface area contributed by atoms with Crippen molar-refractivity contribution in [3.8, 4) is 17.2 Å². The molecule has 2 aliphatic rings. The first-order chi connectivity index (χ1) is 23.8. The monoisotopic (exact) mass is 702 g/mol. The minimum absolute atomic E-state index is 0.0418. The van der Waals surface area contributed by atoms with Crippen LogP contribution in [0.4, 0.5) is 8.78 Å². The number of benzene rings is 4. The van der Waals surface area contributed by atoms with E-state index in [0.29, 0.717) is 42.8 Å². The standard InChI is InChI=1S/C42H49ClF2N2O3/c1-28(26-49-39-15-13-29(20-35(39)43)16-18-41(2,3)46-22-31-8-6-10-36(44)33(31)24-46)27-50-40-21-30(12-14-38(40)48)17-19-42(4,5)47-23-32-9-7-11-37(45)34(32)25-47/h6-15,20-21,28,48H,16-19,22-27H2,1-5H3. The van der Waals surface area contributed by atoms with Gasteiger partial charge in [-0.2, -0.15) is 0 Å². The van der Waals surface area contributed by atoms with Gasteiger partial charge < -0.3 is 14.6 Å². The molecule has 1 N–H and O–H groups in total. The number of ether oxygens (including phenoxy) is 2. The van der Waals surface area contributed by atoms with E-state index in [-0.39, 0.29) is 34.4 Å². The molecule has 0 radical (unpaired) electrons. The molecule has 0 amide bonds. The molecule has 2 aliphatic heterocycles. The van der Waals surface area contributed by atoms with Crippen molar-refractivity contribution in [1.82, 2.24) is 9.80 Å². The van der Waals surface area contributed by atoms with Crippen LogP contribution in [-0.2, 0) is 39.0 Å². The number of phenolic OH excluding ortho intramolecular Hbond substituents is 1. The minimum Gasteiger partial charge on any atom is -0.504 e. The molecule has 0 bridgehead atoms. The first-order valence-corrected chi connectivity index (χ1v) is 18.1. The summed E-state index contributed by atoms with van der Waals surface area (Å²) in [7, 11) is 0. The lowest BCUT2D eigenvalue weighted by molar-refractivity contribution is 0.109. The van der Waals surface area contributed by atoms with Crippen molar-refractivity contribution in [2.24, 2.45) is 5.92 Å². The maximum Gasteiger partial charge on any atom is 0.161 e. The Kier molecular flexibility index (Phi) is 10.8. The van der Waals surface area contributed by atoms with Crippen molar-refractivity contribution < 1.29 is 23.4 Å². The van der Waals surface area contributed by atoms with Gasteiger partial charge in [0, 0.05) is 54.3 Å². The van der Waals surface area contributed by atoms with Crippen LogP contribution in [0.3, 0.4) is 0 Å². The van der Waals surface area contributed by atoms with Gasteiger partial charge in [-0.15, -0.1) is 0 Å². The normalized spacial score (nSPS) is 15.6. The van der Waals surface area contributed by atoms with Gasteiger partial charge in [-0.05, 0) is 112 Å². The van der Waals surface area contributed by atoms with Crippen LogP contribution in [0, 0.1) is 17.6 Å². The lowest BCUT2D eigenvalue weighted by Gasteiger charge is -2.35. The maximum atomic E-state index is 14.3. The summed E-state index contributed by atoms with van der Waals surface area (Å²) >= 11 is 6.65. The van der Waals surface area contributed by atoms with Crippen LogP contribution in [0.1, 0.15) is 80.8 Å². The molecule has 0 aromatic heterocycles. The number of phenols is 1. The second-order valence-electron chi connectivity index (χ2n) is 15.4. The fourth-order valence-electron chi connectivity index (χ4n) is 6.99. The van der Waals surface area contributed by atoms with Gasteiger partial charge >= 0.3 is 0 Å². The van der Waals surface area contributed by atoms with E-state index in [9.17, 15) is 13.9 Å². The van der Waals surface area contributed by atoms with Gasteiger partial charge in [0.25, 0.3) is 0 Å². The molecule has 266 valence electrons. The summed E-state index contributed by atoms with van der Waals surface area (Å²) in [5.41, 5.74) is 5.74. The number of aromatic hydroxyl groups is 1. The molecule has 0 fully saturated rings. The second-order valence-corrected chi connectivity index (χ2v) is 15.8. The third-order valence-electron chi connectivity index (χ3n) is 10.7. The fraction of sp³-hybridized carbons (Fsp3) is 0.429. The van der Waals surface area contributed by atoms with Gasteiger partial charge in [0.05, 0.1) is 18.2 Å². The molecule has 4 aromatic rings. The van der Waals surface area contributed by atoms with Gasteiger partial charge in [0.1, 0.15) is 17.4 Å². The Morgan fingerprint density at radius 3 is 1.72 bits per heavy atom. The molecule has 50 heavy (non-hydrogen) atoms. The molecule has 6 rings (SSSR count). The molecule has 0 saturated carbocycles. The number of nitrogens with zero attached hydrogens (tertiary/aromatic N) is 2. The predicted octanol–water partition coefficient (Wildman–Crippen LogP) is 9.87. The molecule has 8 heteroatoms. The Balaban J connectivity index is 0.953. The van der Waals surface area contributed by atoms with Crippen LogP contribution in [0.15, 0.2) is 72.8 Å². The van der Waals surface area contributed by atoms with Gasteiger partial charge in [0.2, 0.25) is 0 Å². The molecule has 1 unspecified atom stereocenters. The smallest absolute Gasteiger partial charge is 0.161 e. The first-order valence-electron chi connectivity index (χ1n) is 17.7. The average molecular weight is 703 g/mol. The minimum atomic E-state index is -0.130. The summed E-state index contributed by atoms with van der Waals surface area (Å²) in [6.45, 7) is 14.4. The Hall–Kier alpha value is -3.65. The molecular formula is C42H49ClF2N2O3. The van der Waals surface area contributed by atoms with E-state index in [4.69, 9.17) is 21.1 Å². The van der Waals surface area contributed by atoms with E-state index in [1.165, 1.54) is 6.07 Å². The van der Waals surface area contributed by atoms with Crippen LogP contribution in [0.25, 0.3) is 0 Å². The Morgan fingerprint density at radius 1 is 0.700 bits per heavy atom. The molecule has 0 spiro atoms. The molecule has 5 nitrogen and oxygen atoms in total. The quantitative estimate of drug-likeness (QED) is 0.142. The van der Waals surface area contributed by atoms with Crippen molar-refractivity contribution >= 4 is 11.6 Å². The third-order valence-corrected chi connectivity index (χ3v) is 11.0. The number of fused-ring (bicyclic) bond motifs is 2. The zero-order chi connectivity index (χ0) is 35.6. The molecule has 4 aromatic carbocycles. The SMILES string of the molecule is CC(COc1cc(CCC(C)(C)N2Cc3cccc(F)c3C2)ccc1O)COc1ccc(CCC(C)(C)N2Cc3cccc(F)c3C2)cc1Cl. The summed E-state index contributed by atoms with van der Waals surface area (Å²) in [6.07, 6.45) is 3.44. The van der Waals surface area contributed by atoms with E-state index >= 15 is 0 Å². The molecular weight excluding hydrogens is 654 g/mol.